The molecule has 1 spiro atoms. The number of hydrogen-bond acceptors (Lipinski definition) is 14. The molecule has 7 aliphatic rings. The fourth-order valence-corrected chi connectivity index (χ4v) is 11.6. The van der Waals surface area contributed by atoms with Gasteiger partial charge in [-0.3, -0.25) is 19.9 Å². The summed E-state index contributed by atoms with van der Waals surface area (Å²) in [6.07, 6.45) is 1.31. The fraction of sp³-hybridized carbons (Fsp3) is 0.487. The van der Waals surface area contributed by atoms with Crippen molar-refractivity contribution in [3.05, 3.63) is 62.7 Å². The number of aromatic hydroxyl groups is 2. The number of nitrogens with zero attached hydrogens (tertiary/aromatic N) is 2. The van der Waals surface area contributed by atoms with Gasteiger partial charge in [-0.1, -0.05) is 6.07 Å². The van der Waals surface area contributed by atoms with Gasteiger partial charge in [0.15, 0.2) is 40.0 Å². The summed E-state index contributed by atoms with van der Waals surface area (Å²) in [5, 5.41) is 25.8. The Kier molecular flexibility index (Phi) is 8.01. The lowest BCUT2D eigenvalue weighted by Gasteiger charge is -2.60. The Morgan fingerprint density at radius 2 is 1.81 bits per heavy atom. The van der Waals surface area contributed by atoms with Crippen LogP contribution in [0.15, 0.2) is 18.2 Å². The molecule has 7 heterocycles. The standard InChI is InChI=1S/C39H43N3O10S/c1-17-9-21-10-22-13-42-24-14-49-38(46)39(23-12-26(47-5)25(44)11-20(23)7-8-40-39)15-53-37(31(42)30(41(22)4)27(21)32(45)33(17)48-6)29-28(24)36-35(50-16-51-36)18(2)34(29)52-19(3)43/h9,11-12,22,24,30-31,37,40,44-45H,7-8,10,13-16H2,1-6H3/t22?,24-,30?,31+,37+,39+/m0/s1. The second kappa shape index (κ2) is 12.3. The van der Waals surface area contributed by atoms with Crippen molar-refractivity contribution in [2.45, 2.75) is 68.6 Å². The number of methoxy groups -OCH3 is 2. The molecule has 2 saturated heterocycles. The fourth-order valence-electron chi connectivity index (χ4n) is 9.92. The second-order valence-corrected chi connectivity index (χ2v) is 16.0. The van der Waals surface area contributed by atoms with Crippen LogP contribution >= 0.6 is 11.8 Å². The molecule has 0 aliphatic carbocycles. The Bertz CT molecular complexity index is 2090. The number of fused-ring (bicyclic) bond motifs is 9. The number of thioether (sulfide) groups is 1. The van der Waals surface area contributed by atoms with Crippen molar-refractivity contribution < 1.29 is 48.2 Å². The minimum absolute atomic E-state index is 0.00613. The topological polar surface area (TPSA) is 148 Å². The van der Waals surface area contributed by atoms with Crippen molar-refractivity contribution in [3.8, 4) is 40.2 Å². The first-order chi connectivity index (χ1) is 25.5. The number of hydrogen-bond donors (Lipinski definition) is 3. The van der Waals surface area contributed by atoms with Gasteiger partial charge in [0.1, 0.15) is 12.4 Å². The number of nitrogens with one attached hydrogen (secondary N) is 1. The lowest BCUT2D eigenvalue weighted by molar-refractivity contribution is -0.156. The van der Waals surface area contributed by atoms with Gasteiger partial charge in [0.05, 0.1) is 31.6 Å². The maximum absolute atomic E-state index is 14.7. The zero-order chi connectivity index (χ0) is 37.1. The molecule has 0 radical (unpaired) electrons. The molecule has 10 rings (SSSR count). The number of phenolic OH excluding ortho intramolecular Hbond substituents is 2. The predicted octanol–water partition coefficient (Wildman–Crippen LogP) is 4.09. The van der Waals surface area contributed by atoms with Crippen LogP contribution in [0.5, 0.6) is 40.2 Å². The first-order valence-corrected chi connectivity index (χ1v) is 19.0. The van der Waals surface area contributed by atoms with Gasteiger partial charge in [0.2, 0.25) is 6.79 Å². The van der Waals surface area contributed by atoms with E-state index in [-0.39, 0.29) is 54.5 Å². The van der Waals surface area contributed by atoms with E-state index in [0.717, 1.165) is 33.4 Å². The van der Waals surface area contributed by atoms with Crippen LogP contribution in [0.2, 0.25) is 0 Å². The van der Waals surface area contributed by atoms with Crippen LogP contribution in [-0.4, -0.2) is 97.5 Å². The Morgan fingerprint density at radius 3 is 2.57 bits per heavy atom. The summed E-state index contributed by atoms with van der Waals surface area (Å²) in [6, 6.07) is 4.51. The molecule has 3 aromatic carbocycles. The summed E-state index contributed by atoms with van der Waals surface area (Å²) in [7, 11) is 5.17. The number of piperazine rings is 1. The van der Waals surface area contributed by atoms with Crippen molar-refractivity contribution >= 4 is 23.7 Å². The van der Waals surface area contributed by atoms with Crippen LogP contribution in [0.3, 0.4) is 0 Å². The zero-order valence-electron chi connectivity index (χ0n) is 30.5. The molecule has 0 aromatic heterocycles. The Balaban J connectivity index is 1.30. The number of ether oxygens (including phenoxy) is 6. The molecule has 280 valence electrons. The highest BCUT2D eigenvalue weighted by Gasteiger charge is 2.59. The van der Waals surface area contributed by atoms with Crippen molar-refractivity contribution in [1.29, 1.82) is 0 Å². The lowest BCUT2D eigenvalue weighted by atomic mass is 9.73. The quantitative estimate of drug-likeness (QED) is 0.261. The third kappa shape index (κ3) is 4.81. The maximum Gasteiger partial charge on any atom is 0.331 e. The SMILES string of the molecule is COc1cc2c(cc1O)CCN[C@]21CS[C@@H]2c3c(OC(C)=O)c(C)c4c(c3[C@H](COC1=O)N1CC3Cc5cc(C)c(OC)c(O)c5C([C@H]21)N3C)OCO4. The average molecular weight is 746 g/mol. The third-order valence-corrected chi connectivity index (χ3v) is 13.7. The van der Waals surface area contributed by atoms with E-state index < -0.39 is 28.8 Å². The van der Waals surface area contributed by atoms with Crippen LogP contribution in [0.25, 0.3) is 0 Å². The summed E-state index contributed by atoms with van der Waals surface area (Å²) in [5.74, 6) is 1.66. The number of rotatable bonds is 3. The van der Waals surface area contributed by atoms with Crippen LogP contribution in [0.1, 0.15) is 68.8 Å². The van der Waals surface area contributed by atoms with Gasteiger partial charge in [0.25, 0.3) is 0 Å². The molecule has 4 bridgehead atoms. The monoisotopic (exact) mass is 745 g/mol. The van der Waals surface area contributed by atoms with Gasteiger partial charge in [-0.05, 0) is 68.1 Å². The zero-order valence-corrected chi connectivity index (χ0v) is 31.3. The molecule has 13 nitrogen and oxygen atoms in total. The minimum Gasteiger partial charge on any atom is -0.504 e. The van der Waals surface area contributed by atoms with Crippen LogP contribution in [-0.2, 0) is 32.7 Å². The smallest absolute Gasteiger partial charge is 0.331 e. The molecule has 53 heavy (non-hydrogen) atoms. The number of benzene rings is 3. The minimum atomic E-state index is -1.29. The van der Waals surface area contributed by atoms with Crippen LogP contribution in [0.4, 0.5) is 0 Å². The number of likely N-dealkylation sites (N-methyl/N-ethyl adjacent to an activating group) is 1. The molecule has 3 N–H and O–H groups in total. The molecular formula is C39H43N3O10S. The summed E-state index contributed by atoms with van der Waals surface area (Å²) < 4.78 is 36.2. The molecule has 14 heteroatoms. The number of carbonyl (C=O) groups excluding carboxylic acids is 2. The largest absolute Gasteiger partial charge is 0.504 e. The lowest BCUT2D eigenvalue weighted by Crippen LogP contribution is -2.65. The second-order valence-electron chi connectivity index (χ2n) is 14.9. The highest BCUT2D eigenvalue weighted by Crippen LogP contribution is 2.63. The van der Waals surface area contributed by atoms with E-state index in [9.17, 15) is 19.8 Å². The summed E-state index contributed by atoms with van der Waals surface area (Å²) in [6.45, 7) is 6.33. The molecule has 2 fully saturated rings. The van der Waals surface area contributed by atoms with Crippen LogP contribution in [0, 0.1) is 13.8 Å². The molecule has 2 unspecified atom stereocenters. The van der Waals surface area contributed by atoms with Gasteiger partial charge in [-0.15, -0.1) is 11.8 Å². The van der Waals surface area contributed by atoms with E-state index in [0.29, 0.717) is 60.1 Å². The van der Waals surface area contributed by atoms with Crippen molar-refractivity contribution in [2.24, 2.45) is 0 Å². The molecule has 3 aromatic rings. The summed E-state index contributed by atoms with van der Waals surface area (Å²) in [5.41, 5.74) is 5.22. The molecule has 0 amide bonds. The number of aryl methyl sites for hydroxylation is 1. The normalized spacial score (nSPS) is 28.3. The molecule has 7 aliphatic heterocycles. The third-order valence-electron chi connectivity index (χ3n) is 12.2. The van der Waals surface area contributed by atoms with Crippen molar-refractivity contribution in [1.82, 2.24) is 15.1 Å². The predicted molar refractivity (Wildman–Crippen MR) is 193 cm³/mol. The Hall–Kier alpha value is -4.37. The van der Waals surface area contributed by atoms with Gasteiger partial charge < -0.3 is 38.6 Å². The van der Waals surface area contributed by atoms with Crippen molar-refractivity contribution in [3.63, 3.8) is 0 Å². The number of esters is 2. The van der Waals surface area contributed by atoms with E-state index in [1.54, 1.807) is 31.0 Å². The molecule has 6 atom stereocenters. The van der Waals surface area contributed by atoms with E-state index in [1.165, 1.54) is 14.0 Å². The molecular weight excluding hydrogens is 703 g/mol. The van der Waals surface area contributed by atoms with Crippen molar-refractivity contribution in [2.75, 3.05) is 53.5 Å². The molecule has 0 saturated carbocycles. The van der Waals surface area contributed by atoms with Gasteiger partial charge in [-0.2, -0.15) is 0 Å². The average Bonchev–Trinajstić information content (AvgIpc) is 3.61. The number of phenols is 2. The van der Waals surface area contributed by atoms with E-state index in [2.05, 4.69) is 28.2 Å². The Labute approximate surface area is 311 Å². The first kappa shape index (κ1) is 34.4. The van der Waals surface area contributed by atoms with E-state index in [4.69, 9.17) is 28.4 Å². The van der Waals surface area contributed by atoms with Gasteiger partial charge in [0, 0.05) is 60.1 Å². The first-order valence-electron chi connectivity index (χ1n) is 17.9. The maximum atomic E-state index is 14.7. The number of carbonyl (C=O) groups is 2. The summed E-state index contributed by atoms with van der Waals surface area (Å²) >= 11 is 1.58. The van der Waals surface area contributed by atoms with E-state index >= 15 is 0 Å². The van der Waals surface area contributed by atoms with Gasteiger partial charge >= 0.3 is 11.9 Å². The highest BCUT2D eigenvalue weighted by atomic mass is 32.2. The van der Waals surface area contributed by atoms with Gasteiger partial charge in [-0.25, -0.2) is 4.79 Å². The Morgan fingerprint density at radius 1 is 1.02 bits per heavy atom. The summed E-state index contributed by atoms with van der Waals surface area (Å²) in [4.78, 5) is 32.3. The van der Waals surface area contributed by atoms with E-state index in [1.807, 2.05) is 13.8 Å². The highest BCUT2D eigenvalue weighted by molar-refractivity contribution is 7.99. The van der Waals surface area contributed by atoms with Crippen LogP contribution < -0.4 is 29.0 Å².